The molecule has 0 saturated carbocycles. The van der Waals surface area contributed by atoms with E-state index < -0.39 is 12.0 Å². The van der Waals surface area contributed by atoms with E-state index in [4.69, 9.17) is 0 Å². The number of benzene rings is 2. The molecule has 0 fully saturated rings. The van der Waals surface area contributed by atoms with Crippen LogP contribution in [0.2, 0.25) is 0 Å². The summed E-state index contributed by atoms with van der Waals surface area (Å²) in [7, 11) is 1.85. The zero-order valence-electron chi connectivity index (χ0n) is 13.7. The highest BCUT2D eigenvalue weighted by Gasteiger charge is 2.22. The van der Waals surface area contributed by atoms with Gasteiger partial charge < -0.3 is 15.3 Å². The standard InChI is InChI=1S/C19H22N2O3/c1-21(13-12-15-8-4-2-5-9-15)14-17(19(23)24)20-18(22)16-10-6-3-7-11-16/h2-11,17H,12-14H2,1H3,(H,20,22)(H,23,24)/t17-/m0/s1. The van der Waals surface area contributed by atoms with Gasteiger partial charge in [0.15, 0.2) is 0 Å². The van der Waals surface area contributed by atoms with Crippen LogP contribution in [0.15, 0.2) is 60.7 Å². The summed E-state index contributed by atoms with van der Waals surface area (Å²) >= 11 is 0. The van der Waals surface area contributed by atoms with E-state index in [0.29, 0.717) is 5.56 Å². The average Bonchev–Trinajstić information content (AvgIpc) is 2.61. The van der Waals surface area contributed by atoms with E-state index in [1.807, 2.05) is 48.3 Å². The Morgan fingerprint density at radius 3 is 2.21 bits per heavy atom. The van der Waals surface area contributed by atoms with Crippen LogP contribution in [0.3, 0.4) is 0 Å². The number of nitrogens with zero attached hydrogens (tertiary/aromatic N) is 1. The van der Waals surface area contributed by atoms with E-state index in [2.05, 4.69) is 5.32 Å². The van der Waals surface area contributed by atoms with Crippen LogP contribution < -0.4 is 5.32 Å². The predicted octanol–water partition coefficient (Wildman–Crippen LogP) is 2.04. The summed E-state index contributed by atoms with van der Waals surface area (Å²) in [5.41, 5.74) is 1.65. The van der Waals surface area contributed by atoms with E-state index in [1.54, 1.807) is 24.3 Å². The number of hydrogen-bond acceptors (Lipinski definition) is 3. The molecule has 0 aliphatic carbocycles. The van der Waals surface area contributed by atoms with Crippen molar-refractivity contribution in [1.29, 1.82) is 0 Å². The molecule has 0 radical (unpaired) electrons. The second-order valence-corrected chi connectivity index (χ2v) is 5.73. The van der Waals surface area contributed by atoms with Crippen molar-refractivity contribution in [3.8, 4) is 0 Å². The van der Waals surface area contributed by atoms with Crippen molar-refractivity contribution in [2.24, 2.45) is 0 Å². The Balaban J connectivity index is 1.88. The van der Waals surface area contributed by atoms with Gasteiger partial charge in [-0.15, -0.1) is 0 Å². The summed E-state index contributed by atoms with van der Waals surface area (Å²) in [6.45, 7) is 0.968. The first-order valence-electron chi connectivity index (χ1n) is 7.87. The van der Waals surface area contributed by atoms with Crippen molar-refractivity contribution < 1.29 is 14.7 Å². The molecule has 0 saturated heterocycles. The number of carbonyl (C=O) groups is 2. The molecule has 24 heavy (non-hydrogen) atoms. The zero-order valence-corrected chi connectivity index (χ0v) is 13.7. The normalized spacial score (nSPS) is 11.9. The number of aliphatic carboxylic acids is 1. The van der Waals surface area contributed by atoms with Crippen LogP contribution in [0.4, 0.5) is 0 Å². The van der Waals surface area contributed by atoms with Crippen molar-refractivity contribution in [1.82, 2.24) is 10.2 Å². The lowest BCUT2D eigenvalue weighted by Gasteiger charge is -2.22. The number of carbonyl (C=O) groups excluding carboxylic acids is 1. The van der Waals surface area contributed by atoms with E-state index in [-0.39, 0.29) is 12.5 Å². The van der Waals surface area contributed by atoms with E-state index >= 15 is 0 Å². The molecule has 0 aliphatic rings. The molecule has 2 aromatic carbocycles. The zero-order chi connectivity index (χ0) is 17.4. The highest BCUT2D eigenvalue weighted by Crippen LogP contribution is 2.03. The van der Waals surface area contributed by atoms with Crippen molar-refractivity contribution >= 4 is 11.9 Å². The fourth-order valence-corrected chi connectivity index (χ4v) is 2.38. The van der Waals surface area contributed by atoms with Gasteiger partial charge in [-0.3, -0.25) is 4.79 Å². The molecule has 0 bridgehead atoms. The molecule has 2 aromatic rings. The third-order valence-electron chi connectivity index (χ3n) is 3.76. The molecule has 5 heteroatoms. The van der Waals surface area contributed by atoms with Gasteiger partial charge in [0.25, 0.3) is 5.91 Å². The number of nitrogens with one attached hydrogen (secondary N) is 1. The Morgan fingerprint density at radius 1 is 1.04 bits per heavy atom. The summed E-state index contributed by atoms with van der Waals surface area (Å²) in [5.74, 6) is -1.41. The minimum atomic E-state index is -1.04. The monoisotopic (exact) mass is 326 g/mol. The molecule has 0 aromatic heterocycles. The second kappa shape index (κ2) is 8.84. The highest BCUT2D eigenvalue weighted by atomic mass is 16.4. The predicted molar refractivity (Wildman–Crippen MR) is 93.0 cm³/mol. The van der Waals surface area contributed by atoms with Gasteiger partial charge in [0.05, 0.1) is 0 Å². The largest absolute Gasteiger partial charge is 0.480 e. The van der Waals surface area contributed by atoms with Crippen molar-refractivity contribution in [2.45, 2.75) is 12.5 Å². The summed E-state index contributed by atoms with van der Waals surface area (Å²) in [6, 6.07) is 17.7. The molecule has 2 N–H and O–H groups in total. The maximum absolute atomic E-state index is 12.1. The van der Waals surface area contributed by atoms with Crippen LogP contribution in [0.1, 0.15) is 15.9 Å². The average molecular weight is 326 g/mol. The fourth-order valence-electron chi connectivity index (χ4n) is 2.38. The lowest BCUT2D eigenvalue weighted by atomic mass is 10.1. The first-order chi connectivity index (χ1) is 11.6. The molecule has 0 aliphatic heterocycles. The number of rotatable bonds is 8. The smallest absolute Gasteiger partial charge is 0.327 e. The quantitative estimate of drug-likeness (QED) is 0.779. The van der Waals surface area contributed by atoms with Gasteiger partial charge in [-0.1, -0.05) is 48.5 Å². The summed E-state index contributed by atoms with van der Waals surface area (Å²) in [6.07, 6.45) is 0.830. The van der Waals surface area contributed by atoms with Gasteiger partial charge in [-0.05, 0) is 31.2 Å². The number of likely N-dealkylation sites (N-methyl/N-ethyl adjacent to an activating group) is 1. The minimum absolute atomic E-state index is 0.251. The molecule has 2 rings (SSSR count). The third kappa shape index (κ3) is 5.52. The molecular formula is C19H22N2O3. The van der Waals surface area contributed by atoms with E-state index in [9.17, 15) is 14.7 Å². The van der Waals surface area contributed by atoms with Gasteiger partial charge >= 0.3 is 5.97 Å². The summed E-state index contributed by atoms with van der Waals surface area (Å²) in [4.78, 5) is 25.5. The topological polar surface area (TPSA) is 69.6 Å². The van der Waals surface area contributed by atoms with Gasteiger partial charge in [0, 0.05) is 18.7 Å². The number of hydrogen-bond donors (Lipinski definition) is 2. The Kier molecular flexibility index (Phi) is 6.51. The first-order valence-corrected chi connectivity index (χ1v) is 7.87. The molecule has 0 heterocycles. The van der Waals surface area contributed by atoms with Crippen LogP contribution in [-0.2, 0) is 11.2 Å². The van der Waals surface area contributed by atoms with Crippen LogP contribution in [0.25, 0.3) is 0 Å². The molecule has 126 valence electrons. The first kappa shape index (κ1) is 17.7. The second-order valence-electron chi connectivity index (χ2n) is 5.73. The maximum atomic E-state index is 12.1. The number of carboxylic acids is 1. The number of carboxylic acid groups (broad SMARTS) is 1. The Labute approximate surface area is 141 Å². The maximum Gasteiger partial charge on any atom is 0.327 e. The Bertz CT molecular complexity index is 659. The molecule has 0 unspecified atom stereocenters. The Hall–Kier alpha value is -2.66. The minimum Gasteiger partial charge on any atom is -0.480 e. The Morgan fingerprint density at radius 2 is 1.62 bits per heavy atom. The van der Waals surface area contributed by atoms with Crippen LogP contribution in [0, 0.1) is 0 Å². The number of amides is 1. The van der Waals surface area contributed by atoms with Crippen molar-refractivity contribution in [3.05, 3.63) is 71.8 Å². The van der Waals surface area contributed by atoms with Crippen molar-refractivity contribution in [3.63, 3.8) is 0 Å². The molecule has 5 nitrogen and oxygen atoms in total. The fraction of sp³-hybridized carbons (Fsp3) is 0.263. The van der Waals surface area contributed by atoms with Gasteiger partial charge in [-0.2, -0.15) is 0 Å². The van der Waals surface area contributed by atoms with Gasteiger partial charge in [-0.25, -0.2) is 4.79 Å². The molecule has 1 amide bonds. The summed E-state index contributed by atoms with van der Waals surface area (Å²) in [5, 5.41) is 11.9. The van der Waals surface area contributed by atoms with Gasteiger partial charge in [0.1, 0.15) is 6.04 Å². The molecule has 0 spiro atoms. The van der Waals surface area contributed by atoms with Crippen LogP contribution in [0.5, 0.6) is 0 Å². The van der Waals surface area contributed by atoms with Crippen LogP contribution >= 0.6 is 0 Å². The SMILES string of the molecule is CN(CCc1ccccc1)C[C@H](NC(=O)c1ccccc1)C(=O)O. The van der Waals surface area contributed by atoms with Gasteiger partial charge in [0.2, 0.25) is 0 Å². The molecular weight excluding hydrogens is 304 g/mol. The van der Waals surface area contributed by atoms with Crippen LogP contribution in [-0.4, -0.2) is 48.1 Å². The lowest BCUT2D eigenvalue weighted by molar-refractivity contribution is -0.139. The third-order valence-corrected chi connectivity index (χ3v) is 3.76. The van der Waals surface area contributed by atoms with Crippen molar-refractivity contribution in [2.75, 3.05) is 20.1 Å². The highest BCUT2D eigenvalue weighted by molar-refractivity contribution is 5.96. The lowest BCUT2D eigenvalue weighted by Crippen LogP contribution is -2.48. The molecule has 1 atom stereocenters. The van der Waals surface area contributed by atoms with E-state index in [1.165, 1.54) is 5.56 Å². The van der Waals surface area contributed by atoms with E-state index in [0.717, 1.165) is 13.0 Å². The summed E-state index contributed by atoms with van der Waals surface area (Å²) < 4.78 is 0.